The number of anilines is 3. The van der Waals surface area contributed by atoms with Crippen LogP contribution in [0.15, 0.2) is 48.5 Å². The van der Waals surface area contributed by atoms with Crippen LogP contribution >= 0.6 is 0 Å². The molecule has 0 bridgehead atoms. The van der Waals surface area contributed by atoms with Crippen LogP contribution < -0.4 is 25.8 Å². The van der Waals surface area contributed by atoms with Gasteiger partial charge in [-0.3, -0.25) is 14.4 Å². The molecule has 0 spiro atoms. The van der Waals surface area contributed by atoms with E-state index >= 15 is 0 Å². The van der Waals surface area contributed by atoms with E-state index in [4.69, 9.17) is 9.84 Å². The Morgan fingerprint density at radius 2 is 1.50 bits per heavy atom. The van der Waals surface area contributed by atoms with E-state index < -0.39 is 35.9 Å². The van der Waals surface area contributed by atoms with Crippen LogP contribution in [0.4, 0.5) is 26.7 Å². The highest BCUT2D eigenvalue weighted by molar-refractivity contribution is 6.21. The Balaban J connectivity index is 1.23. The largest absolute Gasteiger partial charge is 0.481 e. The number of fused-ring (bicyclic) bond motifs is 1. The monoisotopic (exact) mass is 577 g/mol. The van der Waals surface area contributed by atoms with Gasteiger partial charge in [0.1, 0.15) is 6.61 Å². The molecule has 0 saturated heterocycles. The fourth-order valence-electron chi connectivity index (χ4n) is 4.86. The normalized spacial score (nSPS) is 16.9. The van der Waals surface area contributed by atoms with Crippen LogP contribution in [0, 0.1) is 11.8 Å². The lowest BCUT2D eigenvalue weighted by Crippen LogP contribution is -2.56. The van der Waals surface area contributed by atoms with E-state index in [0.717, 1.165) is 25.7 Å². The molecule has 12 nitrogen and oxygen atoms in total. The molecule has 222 valence electrons. The molecule has 42 heavy (non-hydrogen) atoms. The van der Waals surface area contributed by atoms with Gasteiger partial charge in [-0.2, -0.15) is 0 Å². The summed E-state index contributed by atoms with van der Waals surface area (Å²) in [4.78, 5) is 66.4. The number of amides is 5. The number of rotatable bonds is 12. The summed E-state index contributed by atoms with van der Waals surface area (Å²) in [5.41, 5.74) is 2.35. The molecular weight excluding hydrogens is 542 g/mol. The van der Waals surface area contributed by atoms with Crippen molar-refractivity contribution in [2.45, 2.75) is 51.2 Å². The number of benzene rings is 2. The molecule has 2 aromatic rings. The molecule has 3 aliphatic rings. The van der Waals surface area contributed by atoms with Gasteiger partial charge in [0.25, 0.3) is 11.8 Å². The maximum Gasteiger partial charge on any atom is 0.407 e. The van der Waals surface area contributed by atoms with Crippen molar-refractivity contribution in [3.63, 3.8) is 0 Å². The average Bonchev–Trinajstić information content (AvgIpc) is 3.90. The number of carbonyl (C=O) groups is 5. The first-order valence-corrected chi connectivity index (χ1v) is 14.3. The molecule has 4 N–H and O–H groups in total. The smallest absolute Gasteiger partial charge is 0.407 e. The fraction of sp³-hybridized carbons (Fsp3) is 0.433. The molecule has 1 aliphatic heterocycles. The van der Waals surface area contributed by atoms with Crippen LogP contribution in [0.1, 0.15) is 44.1 Å². The van der Waals surface area contributed by atoms with Crippen molar-refractivity contribution in [2.24, 2.45) is 11.8 Å². The summed E-state index contributed by atoms with van der Waals surface area (Å²) in [5.74, 6) is -1.10. The molecule has 12 heteroatoms. The van der Waals surface area contributed by atoms with Crippen LogP contribution in [0.5, 0.6) is 0 Å². The minimum absolute atomic E-state index is 0.0574. The number of hydrogen-bond acceptors (Lipinski definition) is 6. The molecule has 2 fully saturated rings. The summed E-state index contributed by atoms with van der Waals surface area (Å²) in [7, 11) is 0. The topological polar surface area (TPSA) is 157 Å². The molecule has 5 amide bonds. The molecule has 0 atom stereocenters. The van der Waals surface area contributed by atoms with Gasteiger partial charge in [0.05, 0.1) is 11.4 Å². The number of aliphatic carboxylic acids is 1. The van der Waals surface area contributed by atoms with Gasteiger partial charge in [-0.25, -0.2) is 9.59 Å². The predicted molar refractivity (Wildman–Crippen MR) is 154 cm³/mol. The highest BCUT2D eigenvalue weighted by Crippen LogP contribution is 2.40. The Morgan fingerprint density at radius 1 is 0.881 bits per heavy atom. The van der Waals surface area contributed by atoms with E-state index in [9.17, 15) is 24.0 Å². The second kappa shape index (κ2) is 12.9. The molecule has 1 heterocycles. The lowest BCUT2D eigenvalue weighted by Gasteiger charge is -2.25. The minimum atomic E-state index is -1.38. The zero-order valence-corrected chi connectivity index (χ0v) is 23.2. The van der Waals surface area contributed by atoms with E-state index in [1.807, 2.05) is 24.3 Å². The number of nitrogens with one attached hydrogen (secondary N) is 3. The first-order chi connectivity index (χ1) is 20.3. The maximum absolute atomic E-state index is 13.8. The minimum Gasteiger partial charge on any atom is -0.481 e. The van der Waals surface area contributed by atoms with Crippen molar-refractivity contribution in [1.82, 2.24) is 10.6 Å². The highest BCUT2D eigenvalue weighted by atomic mass is 16.5. The third-order valence-corrected chi connectivity index (χ3v) is 7.43. The standard InChI is InChI=1S/C30H35N5O7/c36-25(37)9-4-14-31-30(41)42-18-21-5-3-6-22(15-21)32-29(40)33-26-27(38)34(16-19-10-11-19)23-7-1-2-8-24(23)35(28(26)39)17-20-12-13-20/h1-3,5-8,15,19-20,26H,4,9-14,16-18H2,(H,31,41)(H,36,37)(H2,32,33,40). The van der Waals surface area contributed by atoms with E-state index in [1.54, 1.807) is 34.1 Å². The highest BCUT2D eigenvalue weighted by Gasteiger charge is 2.44. The number of hydrogen-bond donors (Lipinski definition) is 4. The molecule has 5 rings (SSSR count). The zero-order chi connectivity index (χ0) is 29.6. The van der Waals surface area contributed by atoms with Crippen LogP contribution in [-0.4, -0.2) is 60.7 Å². The third-order valence-electron chi connectivity index (χ3n) is 7.43. The van der Waals surface area contributed by atoms with E-state index in [-0.39, 0.29) is 26.0 Å². The molecular formula is C30H35N5O7. The van der Waals surface area contributed by atoms with Gasteiger partial charge in [0, 0.05) is 31.7 Å². The average molecular weight is 578 g/mol. The van der Waals surface area contributed by atoms with Gasteiger partial charge in [-0.15, -0.1) is 0 Å². The van der Waals surface area contributed by atoms with Crippen LogP contribution in [0.25, 0.3) is 0 Å². The van der Waals surface area contributed by atoms with E-state index in [2.05, 4.69) is 16.0 Å². The number of carboxylic acid groups (broad SMARTS) is 1. The van der Waals surface area contributed by atoms with Gasteiger partial charge in [0.2, 0.25) is 0 Å². The van der Waals surface area contributed by atoms with Gasteiger partial charge in [0.15, 0.2) is 6.04 Å². The van der Waals surface area contributed by atoms with Crippen LogP contribution in [0.3, 0.4) is 0 Å². The Labute approximate surface area is 243 Å². The SMILES string of the molecule is O=C(O)CCCNC(=O)OCc1cccc(NC(=O)NC2C(=O)N(CC3CC3)c3ccccc3N(CC3CC3)C2=O)c1. The van der Waals surface area contributed by atoms with E-state index in [1.165, 1.54) is 0 Å². The quantitative estimate of drug-likeness (QED) is 0.222. The fourth-order valence-corrected chi connectivity index (χ4v) is 4.86. The van der Waals surface area contributed by atoms with Gasteiger partial charge in [-0.05, 0) is 73.8 Å². The summed E-state index contributed by atoms with van der Waals surface area (Å²) in [6, 6.07) is 12.0. The van der Waals surface area contributed by atoms with Crippen molar-refractivity contribution in [2.75, 3.05) is 34.8 Å². The summed E-state index contributed by atoms with van der Waals surface area (Å²) in [6.07, 6.45) is 3.64. The molecule has 0 radical (unpaired) electrons. The second-order valence-corrected chi connectivity index (χ2v) is 11.0. The van der Waals surface area contributed by atoms with Gasteiger partial charge < -0.3 is 35.6 Å². The predicted octanol–water partition coefficient (Wildman–Crippen LogP) is 3.47. The van der Waals surface area contributed by atoms with E-state index in [0.29, 0.717) is 47.6 Å². The second-order valence-electron chi connectivity index (χ2n) is 11.0. The van der Waals surface area contributed by atoms with Crippen molar-refractivity contribution in [1.29, 1.82) is 0 Å². The summed E-state index contributed by atoms with van der Waals surface area (Å²) in [5, 5.41) is 16.5. The molecule has 2 aromatic carbocycles. The number of carboxylic acids is 1. The number of ether oxygens (including phenoxy) is 1. The summed E-state index contributed by atoms with van der Waals surface area (Å²) < 4.78 is 5.16. The van der Waals surface area contributed by atoms with Gasteiger partial charge in [-0.1, -0.05) is 24.3 Å². The van der Waals surface area contributed by atoms with Crippen molar-refractivity contribution < 1.29 is 33.8 Å². The van der Waals surface area contributed by atoms with Crippen molar-refractivity contribution in [3.8, 4) is 0 Å². The summed E-state index contributed by atoms with van der Waals surface area (Å²) >= 11 is 0. The zero-order valence-electron chi connectivity index (χ0n) is 23.2. The lowest BCUT2D eigenvalue weighted by atomic mass is 10.2. The van der Waals surface area contributed by atoms with Crippen molar-refractivity contribution >= 4 is 47.0 Å². The Kier molecular flexibility index (Phi) is 8.89. The Hall–Kier alpha value is -4.61. The molecule has 2 saturated carbocycles. The Bertz CT molecular complexity index is 1300. The van der Waals surface area contributed by atoms with Crippen LogP contribution in [-0.2, 0) is 25.7 Å². The Morgan fingerprint density at radius 3 is 2.07 bits per heavy atom. The third kappa shape index (κ3) is 7.56. The lowest BCUT2D eigenvalue weighted by molar-refractivity contribution is -0.137. The first-order valence-electron chi connectivity index (χ1n) is 14.3. The first kappa shape index (κ1) is 28.9. The molecule has 0 aromatic heterocycles. The molecule has 2 aliphatic carbocycles. The van der Waals surface area contributed by atoms with Crippen molar-refractivity contribution in [3.05, 3.63) is 54.1 Å². The van der Waals surface area contributed by atoms with Gasteiger partial charge >= 0.3 is 18.1 Å². The maximum atomic E-state index is 13.8. The number of carbonyl (C=O) groups excluding carboxylic acids is 4. The number of nitrogens with zero attached hydrogens (tertiary/aromatic N) is 2. The number of urea groups is 1. The molecule has 0 unspecified atom stereocenters. The van der Waals surface area contributed by atoms with Crippen LogP contribution in [0.2, 0.25) is 0 Å². The number of para-hydroxylation sites is 2. The summed E-state index contributed by atoms with van der Waals surface area (Å²) in [6.45, 7) is 1.09. The number of alkyl carbamates (subject to hydrolysis) is 1.